The third kappa shape index (κ3) is 14.4. The quantitative estimate of drug-likeness (QED) is 0.560. The average Bonchev–Trinajstić information content (AvgIpc) is 2.25. The molecule has 0 bridgehead atoms. The van der Waals surface area contributed by atoms with E-state index in [4.69, 9.17) is 4.74 Å². The Morgan fingerprint density at radius 3 is 1.94 bits per heavy atom. The molecule has 0 amide bonds. The van der Waals surface area contributed by atoms with Crippen LogP contribution in [0.5, 0.6) is 0 Å². The Morgan fingerprint density at radius 2 is 1.72 bits per heavy atom. The van der Waals surface area contributed by atoms with Crippen LogP contribution in [-0.2, 0) is 19.1 Å². The molecule has 18 heavy (non-hydrogen) atoms. The standard InChI is InChI=1S/C8H14O2.C6H10O2/c1-6(2)5-10-8(9)7(3)4;1-4-6(7)8-5(2)3/h6H,3,5H2,1-2,4H3;4-5H,1H2,2-3H3. The van der Waals surface area contributed by atoms with Gasteiger partial charge in [-0.15, -0.1) is 0 Å². The Balaban J connectivity index is 0. The molecule has 0 heterocycles. The summed E-state index contributed by atoms with van der Waals surface area (Å²) in [5, 5.41) is 0. The van der Waals surface area contributed by atoms with Crippen molar-refractivity contribution in [3.05, 3.63) is 24.8 Å². The maximum absolute atomic E-state index is 10.7. The molecule has 0 aliphatic heterocycles. The molecule has 4 nitrogen and oxygen atoms in total. The van der Waals surface area contributed by atoms with Crippen molar-refractivity contribution < 1.29 is 19.1 Å². The number of hydrogen-bond acceptors (Lipinski definition) is 4. The van der Waals surface area contributed by atoms with Gasteiger partial charge in [-0.2, -0.15) is 0 Å². The normalized spacial score (nSPS) is 9.28. The number of carbonyl (C=O) groups is 2. The van der Waals surface area contributed by atoms with E-state index in [-0.39, 0.29) is 18.0 Å². The topological polar surface area (TPSA) is 52.6 Å². The van der Waals surface area contributed by atoms with Gasteiger partial charge in [-0.1, -0.05) is 27.0 Å². The molecule has 0 atom stereocenters. The van der Waals surface area contributed by atoms with Crippen LogP contribution in [-0.4, -0.2) is 24.6 Å². The van der Waals surface area contributed by atoms with Crippen LogP contribution in [0.15, 0.2) is 24.8 Å². The minimum Gasteiger partial charge on any atom is -0.462 e. The molecule has 0 fully saturated rings. The summed E-state index contributed by atoms with van der Waals surface area (Å²) in [5.74, 6) is -0.267. The summed E-state index contributed by atoms with van der Waals surface area (Å²) in [4.78, 5) is 21.0. The fourth-order valence-electron chi connectivity index (χ4n) is 0.646. The van der Waals surface area contributed by atoms with Gasteiger partial charge >= 0.3 is 11.9 Å². The Morgan fingerprint density at radius 1 is 1.22 bits per heavy atom. The van der Waals surface area contributed by atoms with Crippen LogP contribution < -0.4 is 0 Å². The van der Waals surface area contributed by atoms with Gasteiger partial charge in [-0.3, -0.25) is 0 Å². The zero-order valence-corrected chi connectivity index (χ0v) is 12.0. The van der Waals surface area contributed by atoms with Crippen molar-refractivity contribution in [2.45, 2.75) is 40.7 Å². The first kappa shape index (κ1) is 18.8. The van der Waals surface area contributed by atoms with Crippen molar-refractivity contribution in [3.8, 4) is 0 Å². The number of rotatable bonds is 5. The molecule has 0 aromatic carbocycles. The second-order valence-corrected chi connectivity index (χ2v) is 4.46. The van der Waals surface area contributed by atoms with Crippen molar-refractivity contribution in [1.29, 1.82) is 0 Å². The molecule has 0 N–H and O–H groups in total. The lowest BCUT2D eigenvalue weighted by Crippen LogP contribution is -2.09. The van der Waals surface area contributed by atoms with Gasteiger partial charge in [0.05, 0.1) is 12.7 Å². The summed E-state index contributed by atoms with van der Waals surface area (Å²) in [5.41, 5.74) is 0.459. The Bertz CT molecular complexity index is 290. The van der Waals surface area contributed by atoms with Crippen molar-refractivity contribution in [2.24, 2.45) is 5.92 Å². The van der Waals surface area contributed by atoms with Gasteiger partial charge in [0.2, 0.25) is 0 Å². The van der Waals surface area contributed by atoms with Gasteiger partial charge < -0.3 is 9.47 Å². The summed E-state index contributed by atoms with van der Waals surface area (Å²) in [7, 11) is 0. The maximum atomic E-state index is 10.7. The Kier molecular flexibility index (Phi) is 11.0. The van der Waals surface area contributed by atoms with Crippen molar-refractivity contribution in [1.82, 2.24) is 0 Å². The maximum Gasteiger partial charge on any atom is 0.333 e. The molecule has 0 rings (SSSR count). The van der Waals surface area contributed by atoms with Gasteiger partial charge in [0.25, 0.3) is 0 Å². The zero-order chi connectivity index (χ0) is 14.7. The van der Waals surface area contributed by atoms with Crippen LogP contribution in [0.4, 0.5) is 0 Å². The summed E-state index contributed by atoms with van der Waals surface area (Å²) < 4.78 is 9.47. The fraction of sp³-hybridized carbons (Fsp3) is 0.571. The molecule has 4 heteroatoms. The van der Waals surface area contributed by atoms with E-state index in [1.807, 2.05) is 13.8 Å². The third-order valence-corrected chi connectivity index (χ3v) is 1.41. The second kappa shape index (κ2) is 10.6. The first-order valence-electron chi connectivity index (χ1n) is 5.86. The lowest BCUT2D eigenvalue weighted by molar-refractivity contribution is -0.141. The van der Waals surface area contributed by atoms with Gasteiger partial charge in [0.15, 0.2) is 0 Å². The lowest BCUT2D eigenvalue weighted by Gasteiger charge is -2.05. The third-order valence-electron chi connectivity index (χ3n) is 1.41. The highest BCUT2D eigenvalue weighted by molar-refractivity contribution is 5.86. The van der Waals surface area contributed by atoms with E-state index >= 15 is 0 Å². The molecule has 104 valence electrons. The smallest absolute Gasteiger partial charge is 0.333 e. The average molecular weight is 256 g/mol. The largest absolute Gasteiger partial charge is 0.462 e. The second-order valence-electron chi connectivity index (χ2n) is 4.46. The molecule has 0 aromatic rings. The van der Waals surface area contributed by atoms with Gasteiger partial charge in [0.1, 0.15) is 0 Å². The van der Waals surface area contributed by atoms with Crippen LogP contribution in [0, 0.1) is 5.92 Å². The van der Waals surface area contributed by atoms with Crippen LogP contribution in [0.3, 0.4) is 0 Å². The fourth-order valence-corrected chi connectivity index (χ4v) is 0.646. The number of carbonyl (C=O) groups excluding carboxylic acids is 2. The number of hydrogen-bond donors (Lipinski definition) is 0. The Labute approximate surface area is 110 Å². The molecular weight excluding hydrogens is 232 g/mol. The van der Waals surface area contributed by atoms with E-state index in [2.05, 4.69) is 17.9 Å². The summed E-state index contributed by atoms with van der Waals surface area (Å²) in [6.45, 7) is 16.4. The van der Waals surface area contributed by atoms with Crippen molar-refractivity contribution >= 4 is 11.9 Å². The predicted molar refractivity (Wildman–Crippen MR) is 72.0 cm³/mol. The molecule has 0 saturated heterocycles. The molecule has 0 aliphatic carbocycles. The highest BCUT2D eigenvalue weighted by atomic mass is 16.5. The van der Waals surface area contributed by atoms with Crippen LogP contribution >= 0.6 is 0 Å². The first-order valence-corrected chi connectivity index (χ1v) is 5.86. The van der Waals surface area contributed by atoms with Gasteiger partial charge in [-0.05, 0) is 26.7 Å². The molecular formula is C14H24O4. The van der Waals surface area contributed by atoms with E-state index in [1.54, 1.807) is 20.8 Å². The molecule has 0 radical (unpaired) electrons. The van der Waals surface area contributed by atoms with E-state index in [0.717, 1.165) is 6.08 Å². The monoisotopic (exact) mass is 256 g/mol. The van der Waals surface area contributed by atoms with Crippen molar-refractivity contribution in [2.75, 3.05) is 6.61 Å². The van der Waals surface area contributed by atoms with Crippen LogP contribution in [0.1, 0.15) is 34.6 Å². The lowest BCUT2D eigenvalue weighted by atomic mass is 10.2. The molecule has 0 aliphatic rings. The summed E-state index contributed by atoms with van der Waals surface area (Å²) in [6, 6.07) is 0. The molecule has 0 unspecified atom stereocenters. The van der Waals surface area contributed by atoms with E-state index in [9.17, 15) is 9.59 Å². The van der Waals surface area contributed by atoms with E-state index in [1.165, 1.54) is 0 Å². The highest BCUT2D eigenvalue weighted by Crippen LogP contribution is 1.97. The van der Waals surface area contributed by atoms with Gasteiger partial charge in [-0.25, -0.2) is 9.59 Å². The van der Waals surface area contributed by atoms with Crippen LogP contribution in [0.25, 0.3) is 0 Å². The number of ether oxygens (including phenoxy) is 2. The minimum absolute atomic E-state index is 0.0412. The van der Waals surface area contributed by atoms with Crippen molar-refractivity contribution in [3.63, 3.8) is 0 Å². The van der Waals surface area contributed by atoms with Crippen LogP contribution in [0.2, 0.25) is 0 Å². The summed E-state index contributed by atoms with van der Waals surface area (Å²) >= 11 is 0. The first-order chi connectivity index (χ1) is 8.20. The van der Waals surface area contributed by atoms with E-state index < -0.39 is 0 Å². The SMILES string of the molecule is C=C(C)C(=O)OCC(C)C.C=CC(=O)OC(C)C. The molecule has 0 aromatic heterocycles. The summed E-state index contributed by atoms with van der Waals surface area (Å²) in [6.07, 6.45) is 1.11. The zero-order valence-electron chi connectivity index (χ0n) is 12.0. The Hall–Kier alpha value is -1.58. The molecule has 0 saturated carbocycles. The molecule has 0 spiro atoms. The van der Waals surface area contributed by atoms with Gasteiger partial charge in [0, 0.05) is 11.6 Å². The minimum atomic E-state index is -0.361. The predicted octanol–water partition coefficient (Wildman–Crippen LogP) is 2.89. The highest BCUT2D eigenvalue weighted by Gasteiger charge is 2.03. The van der Waals surface area contributed by atoms with E-state index in [0.29, 0.717) is 18.1 Å². The number of esters is 2.